The monoisotopic (exact) mass is 514 g/mol. The smallest absolute Gasteiger partial charge is 0.257 e. The van der Waals surface area contributed by atoms with Crippen molar-refractivity contribution in [2.75, 3.05) is 63.6 Å². The molecule has 0 atom stereocenters. The molecule has 0 bridgehead atoms. The zero-order chi connectivity index (χ0) is 25.0. The fourth-order valence-corrected chi connectivity index (χ4v) is 5.80. The Balaban J connectivity index is 1.52. The number of fused-ring (bicyclic) bond motifs is 1. The molecule has 1 spiro atoms. The highest BCUT2D eigenvalue weighted by Crippen LogP contribution is 2.38. The molecule has 0 saturated carbocycles. The number of carbonyl (C=O) groups excluding carboxylic acids is 1. The number of carbonyl (C=O) groups is 1. The molecule has 2 aromatic rings. The summed E-state index contributed by atoms with van der Waals surface area (Å²) in [5.41, 5.74) is 0.00195. The lowest BCUT2D eigenvalue weighted by atomic mass is 9.99. The highest BCUT2D eigenvalue weighted by atomic mass is 32.2. The van der Waals surface area contributed by atoms with Gasteiger partial charge in [0.15, 0.2) is 23.2 Å². The fraction of sp³-hybridized carbons (Fsp3) is 0.545. The highest BCUT2D eigenvalue weighted by Gasteiger charge is 2.41. The van der Waals surface area contributed by atoms with Crippen molar-refractivity contribution in [3.05, 3.63) is 35.3 Å². The molecule has 3 aliphatic rings. The van der Waals surface area contributed by atoms with Gasteiger partial charge in [-0.25, -0.2) is 21.6 Å². The average Bonchev–Trinajstić information content (AvgIpc) is 3.29. The van der Waals surface area contributed by atoms with Crippen LogP contribution < -0.4 is 4.90 Å². The van der Waals surface area contributed by atoms with Gasteiger partial charge in [0.2, 0.25) is 10.0 Å². The number of benzene rings is 1. The van der Waals surface area contributed by atoms with Gasteiger partial charge in [-0.2, -0.15) is 4.31 Å². The van der Waals surface area contributed by atoms with Crippen LogP contribution in [0.15, 0.2) is 12.3 Å². The second-order valence-electron chi connectivity index (χ2n) is 8.95. The number of ether oxygens (including phenoxy) is 2. The molecule has 0 radical (unpaired) electrons. The van der Waals surface area contributed by atoms with Crippen LogP contribution in [0.3, 0.4) is 0 Å². The number of hydrogen-bond donors (Lipinski definition) is 0. The van der Waals surface area contributed by atoms with Crippen LogP contribution in [0.1, 0.15) is 23.2 Å². The van der Waals surface area contributed by atoms with Gasteiger partial charge in [-0.15, -0.1) is 0 Å². The number of anilines is 1. The molecule has 13 heteroatoms. The van der Waals surface area contributed by atoms with Crippen molar-refractivity contribution in [1.82, 2.24) is 14.2 Å². The van der Waals surface area contributed by atoms with E-state index in [2.05, 4.69) is 4.98 Å². The van der Waals surface area contributed by atoms with Gasteiger partial charge in [0.25, 0.3) is 5.91 Å². The number of sulfonamides is 1. The lowest BCUT2D eigenvalue weighted by Crippen LogP contribution is -2.50. The van der Waals surface area contributed by atoms with Gasteiger partial charge in [-0.05, 0) is 6.07 Å². The number of halogens is 3. The molecular formula is C22H25F3N4O5S. The summed E-state index contributed by atoms with van der Waals surface area (Å²) in [5.74, 6) is -5.58. The van der Waals surface area contributed by atoms with Gasteiger partial charge in [0.05, 0.1) is 30.7 Å². The minimum absolute atomic E-state index is 0.00812. The Kier molecular flexibility index (Phi) is 6.14. The van der Waals surface area contributed by atoms with Crippen molar-refractivity contribution < 1.29 is 35.9 Å². The first-order valence-electron chi connectivity index (χ1n) is 11.3. The average molecular weight is 515 g/mol. The minimum Gasteiger partial charge on any atom is -0.370 e. The molecule has 190 valence electrons. The van der Waals surface area contributed by atoms with Crippen LogP contribution >= 0.6 is 0 Å². The molecule has 0 unspecified atom stereocenters. The highest BCUT2D eigenvalue weighted by molar-refractivity contribution is 7.88. The van der Waals surface area contributed by atoms with E-state index in [1.54, 1.807) is 0 Å². The maximum absolute atomic E-state index is 14.6. The Labute approximate surface area is 200 Å². The summed E-state index contributed by atoms with van der Waals surface area (Å²) in [5, 5.41) is -0.00812. The van der Waals surface area contributed by atoms with Crippen LogP contribution in [-0.4, -0.2) is 93.0 Å². The molecule has 4 heterocycles. The normalized spacial score (nSPS) is 21.3. The maximum atomic E-state index is 14.6. The van der Waals surface area contributed by atoms with Gasteiger partial charge in [-0.3, -0.25) is 9.78 Å². The van der Waals surface area contributed by atoms with Crippen LogP contribution in [0.4, 0.5) is 18.9 Å². The third-order valence-corrected chi connectivity index (χ3v) is 8.15. The number of nitrogens with zero attached hydrogens (tertiary/aromatic N) is 4. The maximum Gasteiger partial charge on any atom is 0.257 e. The minimum atomic E-state index is -3.39. The third-order valence-electron chi connectivity index (χ3n) is 6.85. The van der Waals surface area contributed by atoms with E-state index in [1.165, 1.54) is 15.4 Å². The van der Waals surface area contributed by atoms with Gasteiger partial charge in [0.1, 0.15) is 5.52 Å². The number of hydrogen-bond acceptors (Lipinski definition) is 7. The second kappa shape index (κ2) is 8.87. The van der Waals surface area contributed by atoms with Crippen LogP contribution in [0, 0.1) is 17.5 Å². The summed E-state index contributed by atoms with van der Waals surface area (Å²) in [7, 11) is -3.39. The van der Waals surface area contributed by atoms with Crippen molar-refractivity contribution in [1.29, 1.82) is 0 Å². The largest absolute Gasteiger partial charge is 0.370 e. The quantitative estimate of drug-likeness (QED) is 0.576. The third kappa shape index (κ3) is 4.34. The first-order chi connectivity index (χ1) is 16.6. The number of piperidine rings is 1. The van der Waals surface area contributed by atoms with E-state index in [4.69, 9.17) is 9.47 Å². The molecule has 3 fully saturated rings. The molecular weight excluding hydrogens is 489 g/mol. The summed E-state index contributed by atoms with van der Waals surface area (Å²) >= 11 is 0. The van der Waals surface area contributed by atoms with E-state index < -0.39 is 39.2 Å². The fourth-order valence-electron chi connectivity index (χ4n) is 4.97. The molecule has 5 rings (SSSR count). The molecule has 1 aromatic heterocycles. The standard InChI is InChI=1S/C22H25F3N4O5S/c1-35(31,32)29-8-6-28(7-9-29)21(30)15-13-26-19-14(12-16(23)17(24)18(19)25)20(15)27-4-2-22(3-5-27)33-10-11-34-22/h12-13H,2-11H2,1H3. The van der Waals surface area contributed by atoms with Crippen molar-refractivity contribution in [2.45, 2.75) is 18.6 Å². The Hall–Kier alpha value is -2.48. The molecule has 35 heavy (non-hydrogen) atoms. The van der Waals surface area contributed by atoms with Crippen LogP contribution in [-0.2, 0) is 19.5 Å². The van der Waals surface area contributed by atoms with Crippen LogP contribution in [0.5, 0.6) is 0 Å². The molecule has 3 saturated heterocycles. The van der Waals surface area contributed by atoms with Crippen LogP contribution in [0.2, 0.25) is 0 Å². The molecule has 1 aromatic carbocycles. The van der Waals surface area contributed by atoms with Crippen molar-refractivity contribution in [3.8, 4) is 0 Å². The predicted molar refractivity (Wildman–Crippen MR) is 120 cm³/mol. The Bertz CT molecular complexity index is 1270. The SMILES string of the molecule is CS(=O)(=O)N1CCN(C(=O)c2cnc3c(F)c(F)c(F)cc3c2N2CCC3(CC2)OCCO3)CC1. The summed E-state index contributed by atoms with van der Waals surface area (Å²) < 4.78 is 79.3. The Morgan fingerprint density at radius 2 is 1.63 bits per heavy atom. The van der Waals surface area contributed by atoms with Gasteiger partial charge in [-0.1, -0.05) is 0 Å². The van der Waals surface area contributed by atoms with E-state index in [0.29, 0.717) is 39.1 Å². The second-order valence-corrected chi connectivity index (χ2v) is 10.9. The summed E-state index contributed by atoms with van der Waals surface area (Å²) in [6, 6.07) is 0.862. The lowest BCUT2D eigenvalue weighted by molar-refractivity contribution is -0.169. The Morgan fingerprint density at radius 1 is 1.00 bits per heavy atom. The van der Waals surface area contributed by atoms with Crippen LogP contribution in [0.25, 0.3) is 10.9 Å². The van der Waals surface area contributed by atoms with Crippen molar-refractivity contribution >= 4 is 32.5 Å². The summed E-state index contributed by atoms with van der Waals surface area (Å²) in [4.78, 5) is 20.8. The molecule has 3 aliphatic heterocycles. The number of piperazine rings is 1. The lowest BCUT2D eigenvalue weighted by Gasteiger charge is -2.40. The van der Waals surface area contributed by atoms with E-state index >= 15 is 0 Å². The number of rotatable bonds is 3. The zero-order valence-electron chi connectivity index (χ0n) is 19.1. The van der Waals surface area contributed by atoms with Crippen molar-refractivity contribution in [3.63, 3.8) is 0 Å². The molecule has 9 nitrogen and oxygen atoms in total. The first kappa shape index (κ1) is 24.2. The van der Waals surface area contributed by atoms with Crippen molar-refractivity contribution in [2.24, 2.45) is 0 Å². The van der Waals surface area contributed by atoms with Gasteiger partial charge >= 0.3 is 0 Å². The topological polar surface area (TPSA) is 92.3 Å². The van der Waals surface area contributed by atoms with E-state index in [1.807, 2.05) is 4.90 Å². The number of pyridine rings is 1. The summed E-state index contributed by atoms with van der Waals surface area (Å²) in [6.45, 7) is 2.30. The van der Waals surface area contributed by atoms with Gasteiger partial charge in [0, 0.05) is 63.7 Å². The first-order valence-corrected chi connectivity index (χ1v) is 13.2. The summed E-state index contributed by atoms with van der Waals surface area (Å²) in [6.07, 6.45) is 3.24. The van der Waals surface area contributed by atoms with E-state index in [-0.39, 0.29) is 48.3 Å². The zero-order valence-corrected chi connectivity index (χ0v) is 19.9. The Morgan fingerprint density at radius 3 is 2.23 bits per heavy atom. The number of amides is 1. The van der Waals surface area contributed by atoms with E-state index in [9.17, 15) is 26.4 Å². The molecule has 0 N–H and O–H groups in total. The van der Waals surface area contributed by atoms with E-state index in [0.717, 1.165) is 12.3 Å². The molecule has 1 amide bonds. The number of aromatic nitrogens is 1. The predicted octanol–water partition coefficient (Wildman–Crippen LogP) is 1.71. The van der Waals surface area contributed by atoms with Gasteiger partial charge < -0.3 is 19.3 Å². The molecule has 0 aliphatic carbocycles.